The van der Waals surface area contributed by atoms with E-state index in [1.165, 1.54) is 4.88 Å². The van der Waals surface area contributed by atoms with Crippen LogP contribution in [0.1, 0.15) is 28.4 Å². The summed E-state index contributed by atoms with van der Waals surface area (Å²) in [4.78, 5) is 5.70. The molecule has 0 saturated carbocycles. The van der Waals surface area contributed by atoms with Gasteiger partial charge in [-0.25, -0.2) is 4.98 Å². The second-order valence-corrected chi connectivity index (χ2v) is 6.14. The summed E-state index contributed by atoms with van der Waals surface area (Å²) in [5.74, 6) is 0. The topological polar surface area (TPSA) is 51.6 Å². The average molecular weight is 271 g/mol. The number of hydrogen-bond acceptors (Lipinski definition) is 5. The summed E-state index contributed by atoms with van der Waals surface area (Å²) in [5.41, 5.74) is 0.590. The first-order valence-corrected chi connectivity index (χ1v) is 7.13. The van der Waals surface area contributed by atoms with Gasteiger partial charge in [-0.2, -0.15) is 0 Å². The van der Waals surface area contributed by atoms with E-state index in [9.17, 15) is 5.11 Å². The molecule has 2 heterocycles. The predicted molar refractivity (Wildman–Crippen MR) is 71.1 cm³/mol. The van der Waals surface area contributed by atoms with Crippen LogP contribution in [0.15, 0.2) is 0 Å². The fraction of sp³-hybridized carbons (Fsp3) is 0.769. The third-order valence-electron chi connectivity index (χ3n) is 3.79. The summed E-state index contributed by atoms with van der Waals surface area (Å²) in [5, 5.41) is 11.5. The molecule has 0 aliphatic carbocycles. The molecule has 1 N–H and O–H groups in total. The fourth-order valence-electron chi connectivity index (χ4n) is 2.37. The molecule has 1 saturated heterocycles. The first-order chi connectivity index (χ1) is 8.57. The predicted octanol–water partition coefficient (Wildman–Crippen LogP) is 1.86. The minimum atomic E-state index is -0.517. The average Bonchev–Trinajstić information content (AvgIpc) is 2.69. The van der Waals surface area contributed by atoms with Gasteiger partial charge in [-0.15, -0.1) is 11.3 Å². The highest BCUT2D eigenvalue weighted by molar-refractivity contribution is 7.11. The van der Waals surface area contributed by atoms with Crippen molar-refractivity contribution in [2.24, 2.45) is 0 Å². The van der Waals surface area contributed by atoms with E-state index in [1.54, 1.807) is 18.4 Å². The molecule has 1 aromatic rings. The number of aliphatic hydroxyl groups excluding tert-OH is 1. The van der Waals surface area contributed by atoms with E-state index in [0.29, 0.717) is 19.6 Å². The first-order valence-electron chi connectivity index (χ1n) is 6.31. The van der Waals surface area contributed by atoms with Crippen molar-refractivity contribution in [2.45, 2.75) is 44.8 Å². The van der Waals surface area contributed by atoms with Gasteiger partial charge in [0.05, 0.1) is 22.4 Å². The molecule has 0 amide bonds. The van der Waals surface area contributed by atoms with Crippen LogP contribution in [0.3, 0.4) is 0 Å². The largest absolute Gasteiger partial charge is 0.390 e. The van der Waals surface area contributed by atoms with E-state index in [2.05, 4.69) is 11.9 Å². The summed E-state index contributed by atoms with van der Waals surface area (Å²) < 4.78 is 10.9. The van der Waals surface area contributed by atoms with Crippen molar-refractivity contribution in [2.75, 3.05) is 20.3 Å². The minimum absolute atomic E-state index is 0.467. The molecule has 0 aromatic carbocycles. The molecule has 2 rings (SSSR count). The Morgan fingerprint density at radius 2 is 2.11 bits per heavy atom. The number of ether oxygens (including phenoxy) is 2. The normalized spacial score (nSPS) is 20.9. The highest BCUT2D eigenvalue weighted by Crippen LogP contribution is 2.31. The number of aryl methyl sites for hydroxylation is 2. The zero-order valence-corrected chi connectivity index (χ0v) is 12.0. The zero-order chi connectivity index (χ0) is 13.2. The Bertz CT molecular complexity index is 379. The summed E-state index contributed by atoms with van der Waals surface area (Å²) >= 11 is 1.66. The van der Waals surface area contributed by atoms with E-state index in [0.717, 1.165) is 23.5 Å². The monoisotopic (exact) mass is 271 g/mol. The first kappa shape index (κ1) is 13.9. The SMILES string of the molecule is COC1(C(O)Cc2nc(C)c(C)s2)CCOCC1. The highest BCUT2D eigenvalue weighted by atomic mass is 32.1. The van der Waals surface area contributed by atoms with E-state index in [-0.39, 0.29) is 0 Å². The van der Waals surface area contributed by atoms with Crippen LogP contribution in [-0.4, -0.2) is 42.1 Å². The lowest BCUT2D eigenvalue weighted by atomic mass is 9.86. The molecule has 1 aliphatic heterocycles. The number of rotatable bonds is 4. The van der Waals surface area contributed by atoms with E-state index < -0.39 is 11.7 Å². The molecule has 0 bridgehead atoms. The maximum absolute atomic E-state index is 10.5. The Morgan fingerprint density at radius 3 is 2.61 bits per heavy atom. The van der Waals surface area contributed by atoms with Crippen molar-refractivity contribution in [3.05, 3.63) is 15.6 Å². The van der Waals surface area contributed by atoms with E-state index in [4.69, 9.17) is 9.47 Å². The molecular formula is C13H21NO3S. The van der Waals surface area contributed by atoms with Crippen molar-refractivity contribution in [1.29, 1.82) is 0 Å². The number of hydrogen-bond donors (Lipinski definition) is 1. The number of aliphatic hydroxyl groups is 1. The lowest BCUT2D eigenvalue weighted by Crippen LogP contribution is -2.49. The standard InChI is InChI=1S/C13H21NO3S/c1-9-10(2)18-12(14-9)8-11(15)13(16-3)4-6-17-7-5-13/h11,15H,4-8H2,1-3H3. The zero-order valence-electron chi connectivity index (χ0n) is 11.2. The Morgan fingerprint density at radius 1 is 1.44 bits per heavy atom. The third-order valence-corrected chi connectivity index (χ3v) is 4.89. The molecule has 0 radical (unpaired) electrons. The van der Waals surface area contributed by atoms with Crippen molar-refractivity contribution >= 4 is 11.3 Å². The molecule has 1 fully saturated rings. The van der Waals surface area contributed by atoms with Gasteiger partial charge >= 0.3 is 0 Å². The summed E-state index contributed by atoms with van der Waals surface area (Å²) in [6, 6.07) is 0. The maximum atomic E-state index is 10.5. The van der Waals surface area contributed by atoms with Gasteiger partial charge in [0.2, 0.25) is 0 Å². The molecule has 1 unspecified atom stereocenters. The molecule has 1 aliphatic rings. The second-order valence-electron chi connectivity index (χ2n) is 4.85. The molecule has 0 spiro atoms. The summed E-state index contributed by atoms with van der Waals surface area (Å²) in [6.07, 6.45) is 1.53. The number of methoxy groups -OCH3 is 1. The molecule has 102 valence electrons. The quantitative estimate of drug-likeness (QED) is 0.908. The van der Waals surface area contributed by atoms with Crippen molar-refractivity contribution in [3.63, 3.8) is 0 Å². The highest BCUT2D eigenvalue weighted by Gasteiger charge is 2.40. The molecule has 18 heavy (non-hydrogen) atoms. The molecule has 4 nitrogen and oxygen atoms in total. The Kier molecular flexibility index (Phi) is 4.37. The Balaban J connectivity index is 2.07. The molecule has 1 atom stereocenters. The molecular weight excluding hydrogens is 250 g/mol. The Hall–Kier alpha value is -0.490. The summed E-state index contributed by atoms with van der Waals surface area (Å²) in [7, 11) is 1.67. The van der Waals surface area contributed by atoms with Gasteiger partial charge in [0, 0.05) is 44.5 Å². The maximum Gasteiger partial charge on any atom is 0.0984 e. The van der Waals surface area contributed by atoms with Gasteiger partial charge in [-0.1, -0.05) is 0 Å². The van der Waals surface area contributed by atoms with Crippen LogP contribution in [-0.2, 0) is 15.9 Å². The molecule has 5 heteroatoms. The second kappa shape index (κ2) is 5.65. The van der Waals surface area contributed by atoms with Crippen molar-refractivity contribution in [1.82, 2.24) is 4.98 Å². The van der Waals surface area contributed by atoms with Crippen LogP contribution in [0.4, 0.5) is 0 Å². The van der Waals surface area contributed by atoms with Crippen LogP contribution in [0.2, 0.25) is 0 Å². The van der Waals surface area contributed by atoms with E-state index >= 15 is 0 Å². The van der Waals surface area contributed by atoms with Crippen LogP contribution in [0.25, 0.3) is 0 Å². The third kappa shape index (κ3) is 2.74. The lowest BCUT2D eigenvalue weighted by Gasteiger charge is -2.39. The smallest absolute Gasteiger partial charge is 0.0984 e. The van der Waals surface area contributed by atoms with Crippen molar-refractivity contribution < 1.29 is 14.6 Å². The van der Waals surface area contributed by atoms with Gasteiger partial charge < -0.3 is 14.6 Å². The number of aromatic nitrogens is 1. The van der Waals surface area contributed by atoms with Gasteiger partial charge in [0.1, 0.15) is 0 Å². The van der Waals surface area contributed by atoms with Crippen LogP contribution in [0.5, 0.6) is 0 Å². The number of nitrogens with zero attached hydrogens (tertiary/aromatic N) is 1. The van der Waals surface area contributed by atoms with Gasteiger partial charge in [-0.05, 0) is 13.8 Å². The molecule has 1 aromatic heterocycles. The Labute approximate surface area is 112 Å². The summed E-state index contributed by atoms with van der Waals surface area (Å²) in [6.45, 7) is 5.37. The van der Waals surface area contributed by atoms with Crippen LogP contribution >= 0.6 is 11.3 Å². The van der Waals surface area contributed by atoms with Gasteiger partial charge in [0.25, 0.3) is 0 Å². The van der Waals surface area contributed by atoms with Crippen LogP contribution in [0, 0.1) is 13.8 Å². The minimum Gasteiger partial charge on any atom is -0.390 e. The number of thiazole rings is 1. The van der Waals surface area contributed by atoms with Crippen molar-refractivity contribution in [3.8, 4) is 0 Å². The van der Waals surface area contributed by atoms with Gasteiger partial charge in [0.15, 0.2) is 0 Å². The van der Waals surface area contributed by atoms with Crippen LogP contribution < -0.4 is 0 Å². The van der Waals surface area contributed by atoms with E-state index in [1.807, 2.05) is 6.92 Å². The van der Waals surface area contributed by atoms with Gasteiger partial charge in [-0.3, -0.25) is 0 Å². The fourth-order valence-corrected chi connectivity index (χ4v) is 3.34. The lowest BCUT2D eigenvalue weighted by molar-refractivity contribution is -0.151.